The van der Waals surface area contributed by atoms with Gasteiger partial charge in [-0.25, -0.2) is 4.98 Å². The second-order valence-corrected chi connectivity index (χ2v) is 5.49. The quantitative estimate of drug-likeness (QED) is 0.699. The lowest BCUT2D eigenvalue weighted by Gasteiger charge is -1.98. The van der Waals surface area contributed by atoms with Crippen molar-refractivity contribution in [2.75, 3.05) is 5.75 Å². The van der Waals surface area contributed by atoms with Crippen LogP contribution in [0.25, 0.3) is 11.4 Å². The molecular formula is C13H15N7S. The Labute approximate surface area is 126 Å². The highest BCUT2D eigenvalue weighted by Crippen LogP contribution is 2.15. The summed E-state index contributed by atoms with van der Waals surface area (Å²) in [5.41, 5.74) is 2.86. The predicted molar refractivity (Wildman–Crippen MR) is 79.7 cm³/mol. The lowest BCUT2D eigenvalue weighted by molar-refractivity contribution is 0.632. The maximum absolute atomic E-state index is 4.41. The zero-order valence-electron chi connectivity index (χ0n) is 11.6. The van der Waals surface area contributed by atoms with E-state index in [0.29, 0.717) is 0 Å². The van der Waals surface area contributed by atoms with Gasteiger partial charge in [-0.15, -0.1) is 5.10 Å². The molecule has 1 N–H and O–H groups in total. The van der Waals surface area contributed by atoms with Crippen molar-refractivity contribution in [1.29, 1.82) is 0 Å². The first-order valence-corrected chi connectivity index (χ1v) is 7.67. The average molecular weight is 301 g/mol. The Kier molecular flexibility index (Phi) is 4.25. The minimum Gasteiger partial charge on any atom is -0.254 e. The molecule has 3 aromatic heterocycles. The van der Waals surface area contributed by atoms with Gasteiger partial charge in [0.2, 0.25) is 0 Å². The molecule has 0 aromatic carbocycles. The van der Waals surface area contributed by atoms with Crippen LogP contribution in [-0.4, -0.2) is 40.9 Å². The van der Waals surface area contributed by atoms with Crippen molar-refractivity contribution in [3.8, 4) is 11.4 Å². The lowest BCUT2D eigenvalue weighted by atomic mass is 10.2. The fourth-order valence-electron chi connectivity index (χ4n) is 1.81. The van der Waals surface area contributed by atoms with Crippen LogP contribution in [-0.2, 0) is 13.0 Å². The van der Waals surface area contributed by atoms with Gasteiger partial charge in [0.1, 0.15) is 12.0 Å². The van der Waals surface area contributed by atoms with Crippen molar-refractivity contribution in [3.05, 3.63) is 36.4 Å². The van der Waals surface area contributed by atoms with E-state index in [9.17, 15) is 0 Å². The van der Waals surface area contributed by atoms with Gasteiger partial charge < -0.3 is 0 Å². The molecule has 0 saturated heterocycles. The fraction of sp³-hybridized carbons (Fsp3) is 0.308. The monoisotopic (exact) mass is 301 g/mol. The van der Waals surface area contributed by atoms with Gasteiger partial charge in [-0.1, -0.05) is 30.0 Å². The van der Waals surface area contributed by atoms with Gasteiger partial charge in [0.25, 0.3) is 0 Å². The maximum atomic E-state index is 4.41. The van der Waals surface area contributed by atoms with Gasteiger partial charge in [-0.2, -0.15) is 5.10 Å². The molecule has 0 unspecified atom stereocenters. The highest BCUT2D eigenvalue weighted by molar-refractivity contribution is 7.99. The van der Waals surface area contributed by atoms with Crippen molar-refractivity contribution in [1.82, 2.24) is 35.2 Å². The molecule has 0 fully saturated rings. The van der Waals surface area contributed by atoms with Crippen LogP contribution in [0.2, 0.25) is 0 Å². The summed E-state index contributed by atoms with van der Waals surface area (Å²) >= 11 is 1.60. The molecule has 3 heterocycles. The maximum Gasteiger partial charge on any atom is 0.183 e. The van der Waals surface area contributed by atoms with Gasteiger partial charge in [0, 0.05) is 11.9 Å². The third-order valence-corrected chi connectivity index (χ3v) is 3.84. The van der Waals surface area contributed by atoms with E-state index in [1.807, 2.05) is 23.1 Å². The molecule has 21 heavy (non-hydrogen) atoms. The molecule has 3 rings (SSSR count). The van der Waals surface area contributed by atoms with Crippen molar-refractivity contribution in [2.45, 2.75) is 25.0 Å². The molecule has 0 atom stereocenters. The first-order valence-electron chi connectivity index (χ1n) is 6.68. The molecule has 0 aliphatic rings. The number of hydrogen-bond acceptors (Lipinski definition) is 6. The van der Waals surface area contributed by atoms with E-state index in [-0.39, 0.29) is 0 Å². The molecule has 0 bridgehead atoms. The van der Waals surface area contributed by atoms with E-state index < -0.39 is 0 Å². The second-order valence-electron chi connectivity index (χ2n) is 4.41. The summed E-state index contributed by atoms with van der Waals surface area (Å²) in [5.74, 6) is 0.847. The molecule has 7 nitrogen and oxygen atoms in total. The van der Waals surface area contributed by atoms with Crippen LogP contribution in [0.4, 0.5) is 0 Å². The van der Waals surface area contributed by atoms with Gasteiger partial charge in [-0.3, -0.25) is 14.8 Å². The van der Waals surface area contributed by atoms with Crippen molar-refractivity contribution < 1.29 is 0 Å². The third kappa shape index (κ3) is 3.46. The summed E-state index contributed by atoms with van der Waals surface area (Å²) in [7, 11) is 0. The number of nitrogens with zero attached hydrogens (tertiary/aromatic N) is 6. The Morgan fingerprint density at radius 1 is 1.24 bits per heavy atom. The van der Waals surface area contributed by atoms with Gasteiger partial charge in [0.05, 0.1) is 18.4 Å². The van der Waals surface area contributed by atoms with Crippen LogP contribution in [0.3, 0.4) is 0 Å². The molecular weight excluding hydrogens is 286 g/mol. The Bertz CT molecular complexity index is 675. The number of aryl methyl sites for hydroxylation is 2. The van der Waals surface area contributed by atoms with Gasteiger partial charge >= 0.3 is 0 Å². The summed E-state index contributed by atoms with van der Waals surface area (Å²) < 4.78 is 1.81. The number of hydrogen-bond donors (Lipinski definition) is 1. The first kappa shape index (κ1) is 13.7. The van der Waals surface area contributed by atoms with E-state index in [0.717, 1.165) is 35.3 Å². The summed E-state index contributed by atoms with van der Waals surface area (Å²) in [4.78, 5) is 8.47. The Morgan fingerprint density at radius 3 is 2.90 bits per heavy atom. The Hall–Kier alpha value is -2.22. The number of aromatic nitrogens is 7. The van der Waals surface area contributed by atoms with E-state index >= 15 is 0 Å². The summed E-state index contributed by atoms with van der Waals surface area (Å²) in [5, 5.41) is 15.7. The number of pyridine rings is 1. The molecule has 8 heteroatoms. The third-order valence-electron chi connectivity index (χ3n) is 2.99. The van der Waals surface area contributed by atoms with Crippen LogP contribution in [0.15, 0.2) is 36.0 Å². The average Bonchev–Trinajstić information content (AvgIpc) is 3.19. The normalized spacial score (nSPS) is 10.9. The van der Waals surface area contributed by atoms with Crippen LogP contribution >= 0.6 is 11.8 Å². The minimum absolute atomic E-state index is 0.755. The van der Waals surface area contributed by atoms with Gasteiger partial charge in [-0.05, 0) is 18.1 Å². The molecule has 0 aliphatic heterocycles. The molecule has 3 aromatic rings. The zero-order chi connectivity index (χ0) is 14.5. The second kappa shape index (κ2) is 6.49. The zero-order valence-corrected chi connectivity index (χ0v) is 12.4. The Balaban J connectivity index is 1.60. The molecule has 108 valence electrons. The standard InChI is InChI=1S/C13H15N7S/c1-2-10-3-4-11(14-7-10)12-8-20(19-17-12)5-6-21-13-15-9-16-18-13/h3-4,7-9H,2,5-6H2,1H3,(H,15,16,18). The molecule has 0 aliphatic carbocycles. The lowest BCUT2D eigenvalue weighted by Crippen LogP contribution is -2.01. The van der Waals surface area contributed by atoms with Crippen LogP contribution < -0.4 is 0 Å². The first-order chi connectivity index (χ1) is 10.3. The Morgan fingerprint density at radius 2 is 2.19 bits per heavy atom. The largest absolute Gasteiger partial charge is 0.254 e. The van der Waals surface area contributed by atoms with Crippen LogP contribution in [0.5, 0.6) is 0 Å². The topological polar surface area (TPSA) is 85.2 Å². The van der Waals surface area contributed by atoms with Crippen LogP contribution in [0, 0.1) is 0 Å². The van der Waals surface area contributed by atoms with Crippen molar-refractivity contribution in [2.24, 2.45) is 0 Å². The fourth-order valence-corrected chi connectivity index (χ4v) is 2.52. The molecule has 0 saturated carbocycles. The van der Waals surface area contributed by atoms with Crippen molar-refractivity contribution >= 4 is 11.8 Å². The summed E-state index contributed by atoms with van der Waals surface area (Å²) in [6.07, 6.45) is 6.28. The molecule has 0 amide bonds. The SMILES string of the molecule is CCc1ccc(-c2cn(CCSc3ncn[nH]3)nn2)nc1. The van der Waals surface area contributed by atoms with Crippen molar-refractivity contribution in [3.63, 3.8) is 0 Å². The number of rotatable bonds is 6. The molecule has 0 spiro atoms. The smallest absolute Gasteiger partial charge is 0.183 e. The van der Waals surface area contributed by atoms with E-state index in [1.165, 1.54) is 11.9 Å². The number of aromatic amines is 1. The number of H-pyrrole nitrogens is 1. The number of thioether (sulfide) groups is 1. The van der Waals surface area contributed by atoms with E-state index in [2.05, 4.69) is 43.5 Å². The van der Waals surface area contributed by atoms with E-state index in [1.54, 1.807) is 11.8 Å². The highest BCUT2D eigenvalue weighted by Gasteiger charge is 2.05. The van der Waals surface area contributed by atoms with Gasteiger partial charge in [0.15, 0.2) is 5.16 Å². The molecule has 0 radical (unpaired) electrons. The summed E-state index contributed by atoms with van der Waals surface area (Å²) in [6.45, 7) is 2.87. The van der Waals surface area contributed by atoms with E-state index in [4.69, 9.17) is 0 Å². The highest BCUT2D eigenvalue weighted by atomic mass is 32.2. The summed E-state index contributed by atoms with van der Waals surface area (Å²) in [6, 6.07) is 4.05. The number of nitrogens with one attached hydrogen (secondary N) is 1. The predicted octanol–water partition coefficient (Wildman–Crippen LogP) is 1.81. The minimum atomic E-state index is 0.755. The van der Waals surface area contributed by atoms with Crippen LogP contribution in [0.1, 0.15) is 12.5 Å².